The molecule has 1 aromatic carbocycles. The van der Waals surface area contributed by atoms with Gasteiger partial charge in [-0.2, -0.15) is 0 Å². The summed E-state index contributed by atoms with van der Waals surface area (Å²) in [5, 5.41) is 2.79. The number of hydrogen-bond acceptors (Lipinski definition) is 2. The molecule has 1 amide bonds. The summed E-state index contributed by atoms with van der Waals surface area (Å²) in [5.74, 6) is 0.177. The molecule has 18 heavy (non-hydrogen) atoms. The van der Waals surface area contributed by atoms with Crippen molar-refractivity contribution in [3.63, 3.8) is 0 Å². The predicted octanol–water partition coefficient (Wildman–Crippen LogP) is 2.54. The number of hydrogen-bond donors (Lipinski definition) is 1. The molecule has 1 heterocycles. The molecule has 0 bridgehead atoms. The number of para-hydroxylation sites is 1. The molecule has 94 valence electrons. The number of aromatic nitrogens is 2. The zero-order valence-electron chi connectivity index (χ0n) is 10.1. The van der Waals surface area contributed by atoms with Crippen LogP contribution in [0.4, 0.5) is 10.3 Å². The molecule has 1 saturated carbocycles. The number of aryl methyl sites for hydroxylation is 1. The van der Waals surface area contributed by atoms with Crippen molar-refractivity contribution in [3.05, 3.63) is 24.0 Å². The summed E-state index contributed by atoms with van der Waals surface area (Å²) >= 11 is 0. The van der Waals surface area contributed by atoms with E-state index in [0.29, 0.717) is 23.5 Å². The SMILES string of the molecule is CCn1c(NC(=O)C2CC2)nc2c(F)cccc21. The van der Waals surface area contributed by atoms with Crippen LogP contribution >= 0.6 is 0 Å². The molecule has 0 radical (unpaired) electrons. The Morgan fingerprint density at radius 3 is 3.00 bits per heavy atom. The lowest BCUT2D eigenvalue weighted by Gasteiger charge is -2.06. The quantitative estimate of drug-likeness (QED) is 0.906. The van der Waals surface area contributed by atoms with Crippen LogP contribution in [0.2, 0.25) is 0 Å². The molecule has 2 aromatic rings. The second-order valence-corrected chi connectivity index (χ2v) is 4.55. The fourth-order valence-corrected chi connectivity index (χ4v) is 2.09. The first-order valence-electron chi connectivity index (χ1n) is 6.16. The van der Waals surface area contributed by atoms with E-state index in [-0.39, 0.29) is 17.6 Å². The van der Waals surface area contributed by atoms with Crippen molar-refractivity contribution >= 4 is 22.9 Å². The maximum atomic E-state index is 13.6. The average molecular weight is 247 g/mol. The Morgan fingerprint density at radius 1 is 1.56 bits per heavy atom. The van der Waals surface area contributed by atoms with Crippen LogP contribution in [0.3, 0.4) is 0 Å². The van der Waals surface area contributed by atoms with E-state index in [0.717, 1.165) is 12.8 Å². The Kier molecular flexibility index (Phi) is 2.54. The number of fused-ring (bicyclic) bond motifs is 1. The average Bonchev–Trinajstić information content (AvgIpc) is 3.13. The van der Waals surface area contributed by atoms with Gasteiger partial charge in [-0.1, -0.05) is 6.07 Å². The van der Waals surface area contributed by atoms with Crippen LogP contribution in [-0.4, -0.2) is 15.5 Å². The molecule has 3 rings (SSSR count). The van der Waals surface area contributed by atoms with Gasteiger partial charge in [-0.05, 0) is 31.9 Å². The lowest BCUT2D eigenvalue weighted by Crippen LogP contribution is -2.16. The number of rotatable bonds is 3. The minimum absolute atomic E-state index is 0.0135. The zero-order valence-corrected chi connectivity index (χ0v) is 10.1. The van der Waals surface area contributed by atoms with E-state index in [9.17, 15) is 9.18 Å². The fraction of sp³-hybridized carbons (Fsp3) is 0.385. The van der Waals surface area contributed by atoms with Crippen molar-refractivity contribution < 1.29 is 9.18 Å². The van der Waals surface area contributed by atoms with Gasteiger partial charge in [0.1, 0.15) is 5.52 Å². The number of benzene rings is 1. The molecule has 0 saturated heterocycles. The van der Waals surface area contributed by atoms with Crippen LogP contribution in [0, 0.1) is 11.7 Å². The van der Waals surface area contributed by atoms with Gasteiger partial charge >= 0.3 is 0 Å². The van der Waals surface area contributed by atoms with Crippen LogP contribution in [0.1, 0.15) is 19.8 Å². The highest BCUT2D eigenvalue weighted by Crippen LogP contribution is 2.30. The first-order valence-corrected chi connectivity index (χ1v) is 6.16. The van der Waals surface area contributed by atoms with Crippen LogP contribution in [-0.2, 0) is 11.3 Å². The summed E-state index contributed by atoms with van der Waals surface area (Å²) in [4.78, 5) is 15.9. The van der Waals surface area contributed by atoms with Crippen LogP contribution in [0.5, 0.6) is 0 Å². The van der Waals surface area contributed by atoms with Crippen LogP contribution in [0.25, 0.3) is 11.0 Å². The van der Waals surface area contributed by atoms with Crippen molar-refractivity contribution in [1.29, 1.82) is 0 Å². The molecule has 0 spiro atoms. The lowest BCUT2D eigenvalue weighted by atomic mass is 10.3. The summed E-state index contributed by atoms with van der Waals surface area (Å²) in [6.45, 7) is 2.58. The van der Waals surface area contributed by atoms with Gasteiger partial charge in [0.2, 0.25) is 11.9 Å². The lowest BCUT2D eigenvalue weighted by molar-refractivity contribution is -0.117. The van der Waals surface area contributed by atoms with Gasteiger partial charge in [0.05, 0.1) is 5.52 Å². The molecule has 1 N–H and O–H groups in total. The van der Waals surface area contributed by atoms with Crippen molar-refractivity contribution in [2.24, 2.45) is 5.92 Å². The second kappa shape index (κ2) is 4.08. The Balaban J connectivity index is 2.04. The highest BCUT2D eigenvalue weighted by molar-refractivity contribution is 5.94. The Labute approximate surface area is 104 Å². The van der Waals surface area contributed by atoms with E-state index in [2.05, 4.69) is 10.3 Å². The van der Waals surface area contributed by atoms with Crippen molar-refractivity contribution in [2.45, 2.75) is 26.3 Å². The van der Waals surface area contributed by atoms with Crippen molar-refractivity contribution in [3.8, 4) is 0 Å². The number of anilines is 1. The number of carbonyl (C=O) groups excluding carboxylic acids is 1. The number of nitrogens with one attached hydrogen (secondary N) is 1. The van der Waals surface area contributed by atoms with E-state index in [4.69, 9.17) is 0 Å². The first-order chi connectivity index (χ1) is 8.70. The molecule has 4 nitrogen and oxygen atoms in total. The van der Waals surface area contributed by atoms with Gasteiger partial charge in [-0.15, -0.1) is 0 Å². The molecule has 0 aliphatic heterocycles. The molecule has 1 aliphatic rings. The molecule has 1 aliphatic carbocycles. The maximum Gasteiger partial charge on any atom is 0.229 e. The Bertz CT molecular complexity index is 616. The Morgan fingerprint density at radius 2 is 2.33 bits per heavy atom. The second-order valence-electron chi connectivity index (χ2n) is 4.55. The largest absolute Gasteiger partial charge is 0.310 e. The standard InChI is InChI=1S/C13H14FN3O/c1-2-17-10-5-3-4-9(14)11(10)15-13(17)16-12(18)8-6-7-8/h3-5,8H,2,6-7H2,1H3,(H,15,16,18). The van der Waals surface area contributed by atoms with E-state index < -0.39 is 0 Å². The van der Waals surface area contributed by atoms with E-state index in [1.807, 2.05) is 17.6 Å². The highest BCUT2D eigenvalue weighted by Gasteiger charge is 2.30. The number of halogens is 1. The van der Waals surface area contributed by atoms with Crippen LogP contribution in [0.15, 0.2) is 18.2 Å². The van der Waals surface area contributed by atoms with Crippen molar-refractivity contribution in [2.75, 3.05) is 5.32 Å². The van der Waals surface area contributed by atoms with E-state index in [1.54, 1.807) is 6.07 Å². The highest BCUT2D eigenvalue weighted by atomic mass is 19.1. The minimum atomic E-state index is -0.360. The summed E-state index contributed by atoms with van der Waals surface area (Å²) < 4.78 is 15.5. The minimum Gasteiger partial charge on any atom is -0.310 e. The normalized spacial score (nSPS) is 15.0. The monoisotopic (exact) mass is 247 g/mol. The van der Waals surface area contributed by atoms with Gasteiger partial charge in [0, 0.05) is 12.5 Å². The third-order valence-corrected chi connectivity index (χ3v) is 3.23. The van der Waals surface area contributed by atoms with Gasteiger partial charge in [-0.3, -0.25) is 10.1 Å². The molecule has 5 heteroatoms. The molecule has 1 aromatic heterocycles. The fourth-order valence-electron chi connectivity index (χ4n) is 2.09. The predicted molar refractivity (Wildman–Crippen MR) is 66.7 cm³/mol. The zero-order chi connectivity index (χ0) is 12.7. The molecular weight excluding hydrogens is 233 g/mol. The van der Waals surface area contributed by atoms with Crippen molar-refractivity contribution in [1.82, 2.24) is 9.55 Å². The van der Waals surface area contributed by atoms with Gasteiger partial charge < -0.3 is 4.57 Å². The summed E-state index contributed by atoms with van der Waals surface area (Å²) in [5.41, 5.74) is 1.02. The molecule has 1 fully saturated rings. The molecular formula is C13H14FN3O. The van der Waals surface area contributed by atoms with Gasteiger partial charge in [0.25, 0.3) is 0 Å². The third kappa shape index (κ3) is 1.75. The van der Waals surface area contributed by atoms with E-state index in [1.165, 1.54) is 6.07 Å². The summed E-state index contributed by atoms with van der Waals surface area (Å²) in [6.07, 6.45) is 1.87. The smallest absolute Gasteiger partial charge is 0.229 e. The van der Waals surface area contributed by atoms with Gasteiger partial charge in [-0.25, -0.2) is 9.37 Å². The Hall–Kier alpha value is -1.91. The number of amides is 1. The third-order valence-electron chi connectivity index (χ3n) is 3.23. The number of nitrogens with zero attached hydrogens (tertiary/aromatic N) is 2. The number of carbonyl (C=O) groups is 1. The summed E-state index contributed by atoms with van der Waals surface area (Å²) in [7, 11) is 0. The van der Waals surface area contributed by atoms with Gasteiger partial charge in [0.15, 0.2) is 5.82 Å². The van der Waals surface area contributed by atoms with Crippen LogP contribution < -0.4 is 5.32 Å². The topological polar surface area (TPSA) is 46.9 Å². The maximum absolute atomic E-state index is 13.6. The number of imidazole rings is 1. The molecule has 0 unspecified atom stereocenters. The summed E-state index contributed by atoms with van der Waals surface area (Å²) in [6, 6.07) is 4.83. The molecule has 0 atom stereocenters. The van der Waals surface area contributed by atoms with E-state index >= 15 is 0 Å². The first kappa shape index (κ1) is 11.2.